The summed E-state index contributed by atoms with van der Waals surface area (Å²) in [7, 11) is 0. The number of aromatic carboxylic acids is 1. The summed E-state index contributed by atoms with van der Waals surface area (Å²) >= 11 is 1.26. The van der Waals surface area contributed by atoms with Gasteiger partial charge in [-0.15, -0.1) is 0 Å². The normalized spacial score (nSPS) is 11.7. The van der Waals surface area contributed by atoms with Crippen LogP contribution in [0.5, 0.6) is 5.88 Å². The number of benzene rings is 3. The Morgan fingerprint density at radius 3 is 2.23 bits per heavy atom. The van der Waals surface area contributed by atoms with E-state index < -0.39 is 5.97 Å². The van der Waals surface area contributed by atoms with Crippen molar-refractivity contribution < 1.29 is 14.6 Å². The van der Waals surface area contributed by atoms with E-state index in [1.807, 2.05) is 32.0 Å². The molecule has 4 aromatic rings. The minimum absolute atomic E-state index is 0.106. The smallest absolute Gasteiger partial charge is 0.335 e. The van der Waals surface area contributed by atoms with E-state index >= 15 is 0 Å². The summed E-state index contributed by atoms with van der Waals surface area (Å²) in [5, 5.41) is 13.0. The van der Waals surface area contributed by atoms with Crippen molar-refractivity contribution in [2.24, 2.45) is 5.41 Å². The molecule has 0 fully saturated rings. The predicted octanol–water partition coefficient (Wildman–Crippen LogP) is 8.89. The highest BCUT2D eigenvalue weighted by Crippen LogP contribution is 2.30. The van der Waals surface area contributed by atoms with Crippen molar-refractivity contribution in [1.29, 1.82) is 0 Å². The summed E-state index contributed by atoms with van der Waals surface area (Å²) in [5.74, 6) is -0.112. The lowest BCUT2D eigenvalue weighted by molar-refractivity contribution is 0.0696. The average Bonchev–Trinajstić information content (AvgIpc) is 2.99. The molecule has 0 aliphatic carbocycles. The summed E-state index contributed by atoms with van der Waals surface area (Å²) in [6.07, 6.45) is 0.925. The summed E-state index contributed by atoms with van der Waals surface area (Å²) in [6.45, 7) is 18.1. The van der Waals surface area contributed by atoms with Crippen LogP contribution in [-0.2, 0) is 6.54 Å². The van der Waals surface area contributed by atoms with Crippen molar-refractivity contribution in [3.63, 3.8) is 0 Å². The maximum absolute atomic E-state index is 11.4. The van der Waals surface area contributed by atoms with Gasteiger partial charge in [0.1, 0.15) is 6.61 Å². The molecule has 1 aromatic heterocycles. The molecule has 7 nitrogen and oxygen atoms in total. The number of hydrogen-bond donors (Lipinski definition) is 3. The molecular formula is C36H46N4O3S. The molecule has 0 aliphatic rings. The largest absolute Gasteiger partial charge is 0.478 e. The molecule has 0 saturated heterocycles. The van der Waals surface area contributed by atoms with Gasteiger partial charge in [-0.25, -0.2) is 9.78 Å². The first-order valence-electron chi connectivity index (χ1n) is 15.1. The van der Waals surface area contributed by atoms with Crippen LogP contribution in [0.3, 0.4) is 0 Å². The molecule has 4 rings (SSSR count). The van der Waals surface area contributed by atoms with Crippen LogP contribution in [0.2, 0.25) is 0 Å². The first-order chi connectivity index (χ1) is 21.0. The Labute approximate surface area is 267 Å². The Balaban J connectivity index is 0.00000259. The van der Waals surface area contributed by atoms with Crippen molar-refractivity contribution in [1.82, 2.24) is 15.3 Å². The highest BCUT2D eigenvalue weighted by Gasteiger charge is 2.20. The summed E-state index contributed by atoms with van der Waals surface area (Å²) in [4.78, 5) is 21.6. The molecular weight excluding hydrogens is 568 g/mol. The van der Waals surface area contributed by atoms with Gasteiger partial charge in [-0.05, 0) is 79.4 Å². The van der Waals surface area contributed by atoms with Crippen molar-refractivity contribution in [2.75, 3.05) is 11.3 Å². The van der Waals surface area contributed by atoms with Gasteiger partial charge < -0.3 is 15.2 Å². The summed E-state index contributed by atoms with van der Waals surface area (Å²) < 4.78 is 9.57. The van der Waals surface area contributed by atoms with E-state index in [2.05, 4.69) is 93.0 Å². The molecule has 0 amide bonds. The van der Waals surface area contributed by atoms with Crippen molar-refractivity contribution >= 4 is 23.9 Å². The molecule has 1 unspecified atom stereocenters. The number of aromatic nitrogens is 2. The average molecular weight is 615 g/mol. The van der Waals surface area contributed by atoms with Crippen LogP contribution in [-0.4, -0.2) is 33.7 Å². The zero-order valence-corrected chi connectivity index (χ0v) is 28.0. The molecule has 234 valence electrons. The molecule has 0 spiro atoms. The number of nitrogens with one attached hydrogen (secondary N) is 2. The fourth-order valence-corrected chi connectivity index (χ4v) is 5.40. The van der Waals surface area contributed by atoms with E-state index in [9.17, 15) is 9.90 Å². The molecule has 3 aromatic carbocycles. The number of anilines is 1. The van der Waals surface area contributed by atoms with E-state index in [1.165, 1.54) is 23.1 Å². The Morgan fingerprint density at radius 1 is 0.932 bits per heavy atom. The zero-order chi connectivity index (χ0) is 32.3. The minimum Gasteiger partial charge on any atom is -0.478 e. The van der Waals surface area contributed by atoms with E-state index in [0.717, 1.165) is 40.2 Å². The molecule has 8 heteroatoms. The third kappa shape index (κ3) is 10.7. The summed E-state index contributed by atoms with van der Waals surface area (Å²) in [5.41, 5.74) is 6.82. The Hall–Kier alpha value is -3.88. The van der Waals surface area contributed by atoms with Crippen LogP contribution >= 0.6 is 11.9 Å². The first-order valence-corrected chi connectivity index (χ1v) is 15.9. The second-order valence-electron chi connectivity index (χ2n) is 11.9. The molecule has 44 heavy (non-hydrogen) atoms. The number of carbonyl (C=O) groups is 1. The predicted molar refractivity (Wildman–Crippen MR) is 183 cm³/mol. The fraction of sp³-hybridized carbons (Fsp3) is 0.361. The number of nitrogens with zero attached hydrogens (tertiary/aromatic N) is 2. The Bertz CT molecular complexity index is 1500. The van der Waals surface area contributed by atoms with Crippen LogP contribution in [0.4, 0.5) is 5.95 Å². The second-order valence-corrected chi connectivity index (χ2v) is 12.7. The van der Waals surface area contributed by atoms with Gasteiger partial charge in [0, 0.05) is 29.1 Å². The fourth-order valence-electron chi connectivity index (χ4n) is 4.77. The lowest BCUT2D eigenvalue weighted by Gasteiger charge is -2.27. The topological polar surface area (TPSA) is 96.4 Å². The quantitative estimate of drug-likeness (QED) is 0.136. The van der Waals surface area contributed by atoms with Crippen molar-refractivity contribution in [3.05, 3.63) is 101 Å². The van der Waals surface area contributed by atoms with Gasteiger partial charge in [0.2, 0.25) is 11.8 Å². The lowest BCUT2D eigenvalue weighted by atomic mass is 9.88. The zero-order valence-electron chi connectivity index (χ0n) is 27.2. The highest BCUT2D eigenvalue weighted by atomic mass is 32.2. The van der Waals surface area contributed by atoms with Gasteiger partial charge >= 0.3 is 5.97 Å². The van der Waals surface area contributed by atoms with Crippen LogP contribution in [0, 0.1) is 26.2 Å². The maximum Gasteiger partial charge on any atom is 0.335 e. The molecule has 3 N–H and O–H groups in total. The van der Waals surface area contributed by atoms with Gasteiger partial charge in [-0.2, -0.15) is 4.98 Å². The molecule has 0 aliphatic heterocycles. The van der Waals surface area contributed by atoms with Gasteiger partial charge in [0.25, 0.3) is 0 Å². The van der Waals surface area contributed by atoms with Gasteiger partial charge in [0.05, 0.1) is 11.3 Å². The monoisotopic (exact) mass is 614 g/mol. The van der Waals surface area contributed by atoms with Crippen molar-refractivity contribution in [2.45, 2.75) is 79.3 Å². The van der Waals surface area contributed by atoms with E-state index in [4.69, 9.17) is 9.72 Å². The van der Waals surface area contributed by atoms with Gasteiger partial charge in [-0.1, -0.05) is 88.7 Å². The van der Waals surface area contributed by atoms with Crippen LogP contribution < -0.4 is 14.8 Å². The van der Waals surface area contributed by atoms with Crippen LogP contribution in [0.15, 0.2) is 77.7 Å². The third-order valence-corrected chi connectivity index (χ3v) is 7.56. The third-order valence-electron chi connectivity index (χ3n) is 6.79. The standard InChI is InChI=1S/C34H40N4O3S.C2H6/c1-22-13-15-25(16-14-22)20-35-27(19-34(4,5)6)21-41-30-18-29(31-23(2)9-7-10-24(31)3)36-33(37-30)38-42-28-12-8-11-26(17-28)32(39)40;1-2/h7-18,27,35H,19-21H2,1-6H3,(H,39,40)(H,36,37,38);1-2H3. The minimum atomic E-state index is -0.970. The molecule has 0 radical (unpaired) electrons. The molecule has 0 saturated carbocycles. The number of carboxylic acid groups (broad SMARTS) is 1. The number of rotatable bonds is 12. The van der Waals surface area contributed by atoms with E-state index in [-0.39, 0.29) is 17.0 Å². The number of carboxylic acids is 1. The first kappa shape index (κ1) is 34.6. The Kier molecular flexibility index (Phi) is 12.8. The number of hydrogen-bond acceptors (Lipinski definition) is 7. The number of aryl methyl sites for hydroxylation is 3. The lowest BCUT2D eigenvalue weighted by Crippen LogP contribution is -2.37. The van der Waals surface area contributed by atoms with E-state index in [1.54, 1.807) is 18.2 Å². The van der Waals surface area contributed by atoms with Gasteiger partial charge in [0.15, 0.2) is 0 Å². The SMILES string of the molecule is CC.Cc1ccc(CNC(COc2cc(-c3c(C)cccc3C)nc(NSc3cccc(C(=O)O)c3)n2)CC(C)(C)C)cc1. The molecule has 1 heterocycles. The van der Waals surface area contributed by atoms with Crippen molar-refractivity contribution in [3.8, 4) is 17.1 Å². The molecule has 0 bridgehead atoms. The van der Waals surface area contributed by atoms with Crippen LogP contribution in [0.1, 0.15) is 73.7 Å². The Morgan fingerprint density at radius 2 is 1.59 bits per heavy atom. The second kappa shape index (κ2) is 16.3. The summed E-state index contributed by atoms with van der Waals surface area (Å²) in [6, 6.07) is 23.5. The van der Waals surface area contributed by atoms with Gasteiger partial charge in [-0.3, -0.25) is 4.72 Å². The molecule has 1 atom stereocenters. The number of ether oxygens (including phenoxy) is 1. The highest BCUT2D eigenvalue weighted by molar-refractivity contribution is 8.00. The van der Waals surface area contributed by atoms with Crippen LogP contribution in [0.25, 0.3) is 11.3 Å². The van der Waals surface area contributed by atoms with E-state index in [0.29, 0.717) is 18.4 Å². The maximum atomic E-state index is 11.4.